The fourth-order valence-corrected chi connectivity index (χ4v) is 1.68. The van der Waals surface area contributed by atoms with E-state index in [1.54, 1.807) is 18.2 Å². The zero-order chi connectivity index (χ0) is 16.4. The molecule has 3 N–H and O–H groups in total. The van der Waals surface area contributed by atoms with Gasteiger partial charge in [-0.3, -0.25) is 5.84 Å². The normalized spacial score (nSPS) is 12.6. The molecule has 1 aromatic heterocycles. The number of nitrogens with zero attached hydrogens (tertiary/aromatic N) is 2. The molecule has 5 nitrogen and oxygen atoms in total. The minimum atomic E-state index is -4.80. The van der Waals surface area contributed by atoms with Gasteiger partial charge in [0.15, 0.2) is 5.69 Å². The predicted octanol–water partition coefficient (Wildman–Crippen LogP) is 2.42. The molecule has 120 valence electrons. The van der Waals surface area contributed by atoms with Crippen LogP contribution in [0, 0.1) is 0 Å². The molecule has 0 radical (unpaired) electrons. The van der Waals surface area contributed by atoms with Crippen molar-refractivity contribution in [2.24, 2.45) is 5.84 Å². The Morgan fingerprint density at radius 2 is 1.77 bits per heavy atom. The van der Waals surface area contributed by atoms with Crippen molar-refractivity contribution in [1.29, 1.82) is 0 Å². The maximum Gasteiger partial charge on any atom is 0.435 e. The Morgan fingerprint density at radius 1 is 1.14 bits per heavy atom. The van der Waals surface area contributed by atoms with Crippen molar-refractivity contribution in [1.82, 2.24) is 15.2 Å². The minimum Gasteiger partial charge on any atom is -0.301 e. The van der Waals surface area contributed by atoms with Crippen LogP contribution in [0.2, 0.25) is 0 Å². The predicted molar refractivity (Wildman–Crippen MR) is 65.6 cm³/mol. The zero-order valence-corrected chi connectivity index (χ0v) is 10.9. The first-order valence-electron chi connectivity index (χ1n) is 5.93. The summed E-state index contributed by atoms with van der Waals surface area (Å²) in [6, 6.07) is 7.93. The second-order valence-corrected chi connectivity index (χ2v) is 4.23. The molecule has 0 saturated carbocycles. The van der Waals surface area contributed by atoms with Crippen molar-refractivity contribution >= 4 is 0 Å². The molecule has 0 spiro atoms. The number of rotatable bonds is 5. The van der Waals surface area contributed by atoms with Gasteiger partial charge in [-0.25, -0.2) is 4.68 Å². The summed E-state index contributed by atoms with van der Waals surface area (Å²) in [4.78, 5) is 0. The van der Waals surface area contributed by atoms with E-state index in [2.05, 4.69) is 15.7 Å². The molecule has 0 aliphatic carbocycles. The van der Waals surface area contributed by atoms with E-state index in [4.69, 9.17) is 0 Å². The van der Waals surface area contributed by atoms with Crippen molar-refractivity contribution < 1.29 is 26.7 Å². The Labute approximate surface area is 121 Å². The van der Waals surface area contributed by atoms with Crippen molar-refractivity contribution in [2.75, 3.05) is 0 Å². The minimum absolute atomic E-state index is 0.350. The first-order valence-corrected chi connectivity index (χ1v) is 5.93. The highest BCUT2D eigenvalue weighted by atomic mass is 19.4. The first-order chi connectivity index (χ1) is 10.2. The number of halogens is 5. The van der Waals surface area contributed by atoms with Crippen LogP contribution in [0.15, 0.2) is 36.5 Å². The van der Waals surface area contributed by atoms with Crippen LogP contribution < -0.4 is 11.3 Å². The maximum absolute atomic E-state index is 12.9. The number of para-hydroxylation sites is 1. The van der Waals surface area contributed by atoms with Crippen LogP contribution in [0.5, 0.6) is 0 Å². The van der Waals surface area contributed by atoms with Gasteiger partial charge in [0.25, 0.3) is 0 Å². The summed E-state index contributed by atoms with van der Waals surface area (Å²) in [5, 5.41) is 3.39. The summed E-state index contributed by atoms with van der Waals surface area (Å²) in [5.74, 6) is 4.52. The van der Waals surface area contributed by atoms with Gasteiger partial charge in [0.05, 0.1) is 12.3 Å². The Hall–Kier alpha value is -2.04. The molecule has 0 aliphatic rings. The molecular weight excluding hydrogens is 311 g/mol. The number of benzene rings is 1. The number of ether oxygens (including phenoxy) is 1. The lowest BCUT2D eigenvalue weighted by atomic mass is 10.2. The topological polar surface area (TPSA) is 65.1 Å². The largest absolute Gasteiger partial charge is 0.435 e. The molecule has 0 saturated heterocycles. The standard InChI is InChI=1S/C12H11F5N4O/c13-11(14,15)10-8(7-22-12(16,17)20-18)6-21(19-10)9-4-2-1-3-5-9/h1-6,20H,7,18H2. The lowest BCUT2D eigenvalue weighted by molar-refractivity contribution is -0.267. The number of nitrogens with two attached hydrogens (primary N) is 1. The summed E-state index contributed by atoms with van der Waals surface area (Å²) in [6.07, 6.45) is -7.77. The van der Waals surface area contributed by atoms with Gasteiger partial charge in [0, 0.05) is 11.8 Å². The molecule has 0 aliphatic heterocycles. The van der Waals surface area contributed by atoms with Gasteiger partial charge in [-0.05, 0) is 12.1 Å². The lowest BCUT2D eigenvalue weighted by Gasteiger charge is -2.14. The lowest BCUT2D eigenvalue weighted by Crippen LogP contribution is -2.43. The van der Waals surface area contributed by atoms with Gasteiger partial charge in [-0.1, -0.05) is 18.2 Å². The Bertz CT molecular complexity index is 626. The number of hydrogen-bond acceptors (Lipinski definition) is 4. The molecule has 10 heteroatoms. The molecule has 0 unspecified atom stereocenters. The number of aromatic nitrogens is 2. The molecule has 1 heterocycles. The SMILES string of the molecule is NNC(F)(F)OCc1cn(-c2ccccc2)nc1C(F)(F)F. The van der Waals surface area contributed by atoms with Crippen LogP contribution >= 0.6 is 0 Å². The van der Waals surface area contributed by atoms with E-state index in [0.29, 0.717) is 5.69 Å². The molecule has 0 fully saturated rings. The average Bonchev–Trinajstić information content (AvgIpc) is 2.91. The maximum atomic E-state index is 12.9. The average molecular weight is 322 g/mol. The highest BCUT2D eigenvalue weighted by molar-refractivity contribution is 5.33. The van der Waals surface area contributed by atoms with Gasteiger partial charge in [-0.2, -0.15) is 32.5 Å². The second kappa shape index (κ2) is 5.99. The third-order valence-corrected chi connectivity index (χ3v) is 2.66. The number of hydrogen-bond donors (Lipinski definition) is 2. The van der Waals surface area contributed by atoms with Gasteiger partial charge >= 0.3 is 12.4 Å². The fourth-order valence-electron chi connectivity index (χ4n) is 1.68. The summed E-state index contributed by atoms with van der Waals surface area (Å²) in [5.41, 5.74) is -0.443. The Morgan fingerprint density at radius 3 is 2.32 bits per heavy atom. The molecule has 1 aromatic carbocycles. The van der Waals surface area contributed by atoms with Crippen LogP contribution in [-0.2, 0) is 17.5 Å². The van der Waals surface area contributed by atoms with Crippen molar-refractivity contribution in [3.8, 4) is 5.69 Å². The van der Waals surface area contributed by atoms with Crippen LogP contribution in [0.25, 0.3) is 5.69 Å². The van der Waals surface area contributed by atoms with E-state index in [1.807, 2.05) is 0 Å². The van der Waals surface area contributed by atoms with E-state index >= 15 is 0 Å². The summed E-state index contributed by atoms with van der Waals surface area (Å²) in [7, 11) is 0. The Kier molecular flexibility index (Phi) is 4.44. The van der Waals surface area contributed by atoms with Crippen molar-refractivity contribution in [3.63, 3.8) is 0 Å². The van der Waals surface area contributed by atoms with Crippen LogP contribution in [-0.4, -0.2) is 16.0 Å². The first kappa shape index (κ1) is 16.3. The summed E-state index contributed by atoms with van der Waals surface area (Å²) < 4.78 is 69.4. The number of alkyl halides is 5. The van der Waals surface area contributed by atoms with E-state index < -0.39 is 30.3 Å². The third kappa shape index (κ3) is 3.78. The highest BCUT2D eigenvalue weighted by Crippen LogP contribution is 2.32. The number of hydrazine groups is 1. The second-order valence-electron chi connectivity index (χ2n) is 4.23. The van der Waals surface area contributed by atoms with E-state index in [-0.39, 0.29) is 0 Å². The van der Waals surface area contributed by atoms with Crippen LogP contribution in [0.1, 0.15) is 11.3 Å². The monoisotopic (exact) mass is 322 g/mol. The Balaban J connectivity index is 2.34. The van der Waals surface area contributed by atoms with Crippen molar-refractivity contribution in [2.45, 2.75) is 19.0 Å². The third-order valence-electron chi connectivity index (χ3n) is 2.66. The van der Waals surface area contributed by atoms with Gasteiger partial charge in [0.2, 0.25) is 0 Å². The fraction of sp³-hybridized carbons (Fsp3) is 0.250. The molecule has 22 heavy (non-hydrogen) atoms. The van der Waals surface area contributed by atoms with Crippen LogP contribution in [0.4, 0.5) is 22.0 Å². The zero-order valence-electron chi connectivity index (χ0n) is 10.9. The van der Waals surface area contributed by atoms with Crippen molar-refractivity contribution in [3.05, 3.63) is 47.8 Å². The molecule has 2 rings (SSSR count). The highest BCUT2D eigenvalue weighted by Gasteiger charge is 2.38. The number of nitrogens with one attached hydrogen (secondary N) is 1. The van der Waals surface area contributed by atoms with Crippen LogP contribution in [0.3, 0.4) is 0 Å². The van der Waals surface area contributed by atoms with E-state index in [1.165, 1.54) is 12.1 Å². The molecule has 0 amide bonds. The smallest absolute Gasteiger partial charge is 0.301 e. The molecule has 0 atom stereocenters. The molecule has 2 aromatic rings. The van der Waals surface area contributed by atoms with E-state index in [0.717, 1.165) is 16.3 Å². The van der Waals surface area contributed by atoms with E-state index in [9.17, 15) is 22.0 Å². The quantitative estimate of drug-likeness (QED) is 0.292. The van der Waals surface area contributed by atoms with Gasteiger partial charge in [0.1, 0.15) is 0 Å². The van der Waals surface area contributed by atoms with Gasteiger partial charge < -0.3 is 4.74 Å². The summed E-state index contributed by atoms with van der Waals surface area (Å²) in [6.45, 7) is -1.02. The van der Waals surface area contributed by atoms with Gasteiger partial charge in [-0.15, -0.1) is 0 Å². The molecule has 0 bridgehead atoms. The molecular formula is C12H11F5N4O. The summed E-state index contributed by atoms with van der Waals surface area (Å²) >= 11 is 0.